The lowest BCUT2D eigenvalue weighted by atomic mass is 9.98. The van der Waals surface area contributed by atoms with Gasteiger partial charge in [-0.05, 0) is 79.4 Å². The highest BCUT2D eigenvalue weighted by Gasteiger charge is 2.42. The first kappa shape index (κ1) is 32.6. The number of amides is 3. The van der Waals surface area contributed by atoms with Crippen molar-refractivity contribution in [2.75, 3.05) is 6.54 Å². The molecule has 2 unspecified atom stereocenters. The van der Waals surface area contributed by atoms with Crippen LogP contribution in [0.25, 0.3) is 0 Å². The fraction of sp³-hybridized carbons (Fsp3) is 0.515. The second kappa shape index (κ2) is 13.4. The van der Waals surface area contributed by atoms with Gasteiger partial charge in [0, 0.05) is 12.5 Å². The van der Waals surface area contributed by atoms with Crippen molar-refractivity contribution in [2.24, 2.45) is 0 Å². The molecule has 0 radical (unpaired) electrons. The number of nitrogens with one attached hydrogen (secondary N) is 2. The normalized spacial score (nSPS) is 14.8. The van der Waals surface area contributed by atoms with Crippen molar-refractivity contribution >= 4 is 23.9 Å². The van der Waals surface area contributed by atoms with Crippen LogP contribution in [0.1, 0.15) is 82.7 Å². The maximum absolute atomic E-state index is 14.2. The fourth-order valence-electron chi connectivity index (χ4n) is 4.74. The summed E-state index contributed by atoms with van der Waals surface area (Å²) in [5.74, 6) is -1.47. The largest absolute Gasteiger partial charge is 0.458 e. The summed E-state index contributed by atoms with van der Waals surface area (Å²) in [4.78, 5) is 55.1. The molecular formula is C33H45N3O6. The van der Waals surface area contributed by atoms with Crippen LogP contribution < -0.4 is 10.6 Å². The molecule has 9 nitrogen and oxygen atoms in total. The van der Waals surface area contributed by atoms with Gasteiger partial charge in [-0.15, -0.1) is 0 Å². The number of hydrogen-bond donors (Lipinski definition) is 2. The summed E-state index contributed by atoms with van der Waals surface area (Å²) in [5.41, 5.74) is 1.88. The van der Waals surface area contributed by atoms with E-state index in [9.17, 15) is 19.2 Å². The quantitative estimate of drug-likeness (QED) is 0.386. The Labute approximate surface area is 249 Å². The number of esters is 1. The molecule has 1 aliphatic rings. The van der Waals surface area contributed by atoms with Crippen LogP contribution >= 0.6 is 0 Å². The Morgan fingerprint density at radius 2 is 1.45 bits per heavy atom. The number of ether oxygens (including phenoxy) is 2. The molecule has 3 rings (SSSR count). The summed E-state index contributed by atoms with van der Waals surface area (Å²) in [5, 5.41) is 5.45. The molecule has 0 bridgehead atoms. The highest BCUT2D eigenvalue weighted by molar-refractivity contribution is 5.93. The Balaban J connectivity index is 1.95. The molecule has 1 fully saturated rings. The number of rotatable bonds is 10. The average Bonchev–Trinajstić information content (AvgIpc) is 3.68. The van der Waals surface area contributed by atoms with Gasteiger partial charge in [0.2, 0.25) is 11.8 Å². The van der Waals surface area contributed by atoms with Gasteiger partial charge in [0.25, 0.3) is 0 Å². The Hall–Kier alpha value is -3.88. The third kappa shape index (κ3) is 10.2. The number of aryl methyl sites for hydroxylation is 2. The van der Waals surface area contributed by atoms with Gasteiger partial charge in [0.05, 0.1) is 0 Å². The van der Waals surface area contributed by atoms with Gasteiger partial charge >= 0.3 is 12.1 Å². The minimum atomic E-state index is -1.02. The van der Waals surface area contributed by atoms with E-state index in [-0.39, 0.29) is 19.0 Å². The molecule has 2 N–H and O–H groups in total. The van der Waals surface area contributed by atoms with Crippen LogP contribution in [-0.2, 0) is 30.3 Å². The molecule has 0 aliphatic heterocycles. The van der Waals surface area contributed by atoms with Gasteiger partial charge in [-0.2, -0.15) is 0 Å². The number of hydrogen-bond acceptors (Lipinski definition) is 6. The van der Waals surface area contributed by atoms with Crippen molar-refractivity contribution < 1.29 is 28.7 Å². The van der Waals surface area contributed by atoms with E-state index in [1.54, 1.807) is 41.5 Å². The standard InChI is InChI=1S/C33H45N3O6/c1-21-16-22(2)18-24(17-21)28(36(25-14-15-25)27(37)20-34-31(40)42-33(6,7)8)29(38)35-26(30(39)41-32(3,4)5)19-23-12-10-9-11-13-23/h9-13,16-18,25-26,28H,14-15,19-20H2,1-8H3,(H,34,40)(H,35,38). The first-order chi connectivity index (χ1) is 19.5. The lowest BCUT2D eigenvalue weighted by molar-refractivity contribution is -0.159. The Bertz CT molecular complexity index is 1250. The second-order valence-electron chi connectivity index (χ2n) is 13.0. The van der Waals surface area contributed by atoms with Crippen LogP contribution in [0.2, 0.25) is 0 Å². The van der Waals surface area contributed by atoms with Crippen LogP contribution in [-0.4, -0.2) is 58.6 Å². The molecule has 2 aromatic rings. The molecule has 2 aromatic carbocycles. The number of benzene rings is 2. The lowest BCUT2D eigenvalue weighted by Gasteiger charge is -2.33. The Morgan fingerprint density at radius 1 is 0.881 bits per heavy atom. The van der Waals surface area contributed by atoms with Crippen LogP contribution in [0.4, 0.5) is 4.79 Å². The molecular weight excluding hydrogens is 534 g/mol. The third-order valence-corrected chi connectivity index (χ3v) is 6.39. The predicted molar refractivity (Wildman–Crippen MR) is 161 cm³/mol. The minimum absolute atomic E-state index is 0.177. The number of carbonyl (C=O) groups excluding carboxylic acids is 4. The Morgan fingerprint density at radius 3 is 1.98 bits per heavy atom. The van der Waals surface area contributed by atoms with Crippen LogP contribution in [0, 0.1) is 13.8 Å². The van der Waals surface area contributed by atoms with E-state index >= 15 is 0 Å². The van der Waals surface area contributed by atoms with Gasteiger partial charge in [-0.25, -0.2) is 9.59 Å². The zero-order valence-electron chi connectivity index (χ0n) is 26.1. The van der Waals surface area contributed by atoms with E-state index in [4.69, 9.17) is 9.47 Å². The first-order valence-electron chi connectivity index (χ1n) is 14.5. The monoisotopic (exact) mass is 579 g/mol. The summed E-state index contributed by atoms with van der Waals surface area (Å²) in [6.07, 6.45) is 0.962. The molecule has 1 saturated carbocycles. The first-order valence-corrected chi connectivity index (χ1v) is 14.5. The zero-order valence-corrected chi connectivity index (χ0v) is 26.1. The second-order valence-corrected chi connectivity index (χ2v) is 13.0. The van der Waals surface area contributed by atoms with E-state index in [0.717, 1.165) is 29.5 Å². The minimum Gasteiger partial charge on any atom is -0.458 e. The van der Waals surface area contributed by atoms with Crippen molar-refractivity contribution in [3.05, 3.63) is 70.8 Å². The SMILES string of the molecule is Cc1cc(C)cc(C(C(=O)NC(Cc2ccccc2)C(=O)OC(C)(C)C)N(C(=O)CNC(=O)OC(C)(C)C)C2CC2)c1. The maximum atomic E-state index is 14.2. The van der Waals surface area contributed by atoms with E-state index in [1.807, 2.05) is 62.4 Å². The van der Waals surface area contributed by atoms with Crippen molar-refractivity contribution in [2.45, 2.75) is 104 Å². The Kier molecular flexibility index (Phi) is 10.4. The zero-order chi connectivity index (χ0) is 31.2. The van der Waals surface area contributed by atoms with Crippen molar-refractivity contribution in [3.8, 4) is 0 Å². The highest BCUT2D eigenvalue weighted by atomic mass is 16.6. The smallest absolute Gasteiger partial charge is 0.408 e. The molecule has 228 valence electrons. The van der Waals surface area contributed by atoms with E-state index in [2.05, 4.69) is 10.6 Å². The van der Waals surface area contributed by atoms with E-state index < -0.39 is 47.2 Å². The fourth-order valence-corrected chi connectivity index (χ4v) is 4.74. The molecule has 9 heteroatoms. The molecule has 1 aliphatic carbocycles. The average molecular weight is 580 g/mol. The third-order valence-electron chi connectivity index (χ3n) is 6.39. The summed E-state index contributed by atoms with van der Waals surface area (Å²) < 4.78 is 11.0. The molecule has 0 saturated heterocycles. The number of nitrogens with zero attached hydrogens (tertiary/aromatic N) is 1. The van der Waals surface area contributed by atoms with Crippen LogP contribution in [0.15, 0.2) is 48.5 Å². The molecule has 0 spiro atoms. The summed E-state index contributed by atoms with van der Waals surface area (Å²) >= 11 is 0. The highest BCUT2D eigenvalue weighted by Crippen LogP contribution is 2.35. The van der Waals surface area contributed by atoms with Crippen molar-refractivity contribution in [1.29, 1.82) is 0 Å². The van der Waals surface area contributed by atoms with Gasteiger partial charge in [0.15, 0.2) is 0 Å². The van der Waals surface area contributed by atoms with E-state index in [1.165, 1.54) is 4.90 Å². The van der Waals surface area contributed by atoms with Crippen molar-refractivity contribution in [1.82, 2.24) is 15.5 Å². The van der Waals surface area contributed by atoms with E-state index in [0.29, 0.717) is 5.56 Å². The van der Waals surface area contributed by atoms with Crippen LogP contribution in [0.5, 0.6) is 0 Å². The molecule has 42 heavy (non-hydrogen) atoms. The summed E-state index contributed by atoms with van der Waals surface area (Å²) in [6, 6.07) is 12.9. The van der Waals surface area contributed by atoms with Gasteiger partial charge in [0.1, 0.15) is 29.8 Å². The van der Waals surface area contributed by atoms with Crippen LogP contribution in [0.3, 0.4) is 0 Å². The molecule has 2 atom stereocenters. The number of carbonyl (C=O) groups is 4. The molecule has 3 amide bonds. The van der Waals surface area contributed by atoms with Crippen molar-refractivity contribution in [3.63, 3.8) is 0 Å². The molecule has 0 aromatic heterocycles. The lowest BCUT2D eigenvalue weighted by Crippen LogP contribution is -2.52. The van der Waals surface area contributed by atoms with Gasteiger partial charge in [-0.3, -0.25) is 9.59 Å². The summed E-state index contributed by atoms with van der Waals surface area (Å²) in [6.45, 7) is 14.1. The summed E-state index contributed by atoms with van der Waals surface area (Å²) in [7, 11) is 0. The van der Waals surface area contributed by atoms with Gasteiger partial charge in [-0.1, -0.05) is 59.7 Å². The van der Waals surface area contributed by atoms with Gasteiger partial charge < -0.3 is 25.0 Å². The predicted octanol–water partition coefficient (Wildman–Crippen LogP) is 4.93. The molecule has 0 heterocycles. The topological polar surface area (TPSA) is 114 Å². The maximum Gasteiger partial charge on any atom is 0.408 e. The number of alkyl carbamates (subject to hydrolysis) is 1.